The first-order valence-electron chi connectivity index (χ1n) is 14.4. The minimum absolute atomic E-state index is 1.13. The van der Waals surface area contributed by atoms with Gasteiger partial charge in [-0.15, -0.1) is 0 Å². The number of aromatic nitrogens is 1. The molecule has 7 aromatic carbocycles. The Morgan fingerprint density at radius 2 is 0.929 bits per heavy atom. The molecule has 0 saturated heterocycles. The molecule has 0 unspecified atom stereocenters. The number of rotatable bonds is 5. The summed E-state index contributed by atoms with van der Waals surface area (Å²) in [5, 5.41) is 4.99. The Morgan fingerprint density at radius 1 is 0.405 bits per heavy atom. The first kappa shape index (κ1) is 24.2. The van der Waals surface area contributed by atoms with Crippen LogP contribution in [0, 0.1) is 0 Å². The predicted octanol–water partition coefficient (Wildman–Crippen LogP) is 11.1. The van der Waals surface area contributed by atoms with Gasteiger partial charge in [0.05, 0.1) is 22.4 Å². The number of para-hydroxylation sites is 4. The van der Waals surface area contributed by atoms with Gasteiger partial charge in [0.2, 0.25) is 0 Å². The maximum atomic E-state index is 2.46. The highest BCUT2D eigenvalue weighted by Gasteiger charge is 2.22. The third-order valence-corrected chi connectivity index (χ3v) is 8.16. The van der Waals surface area contributed by atoms with Crippen LogP contribution in [0.4, 0.5) is 17.1 Å². The van der Waals surface area contributed by atoms with Gasteiger partial charge in [0, 0.05) is 33.1 Å². The first-order chi connectivity index (χ1) is 20.9. The van der Waals surface area contributed by atoms with Crippen LogP contribution in [0.5, 0.6) is 0 Å². The van der Waals surface area contributed by atoms with Crippen molar-refractivity contribution < 1.29 is 0 Å². The van der Waals surface area contributed by atoms with E-state index < -0.39 is 0 Å². The zero-order chi connectivity index (χ0) is 27.9. The van der Waals surface area contributed by atoms with Gasteiger partial charge >= 0.3 is 0 Å². The summed E-state index contributed by atoms with van der Waals surface area (Å²) in [5.74, 6) is 0. The van der Waals surface area contributed by atoms with Crippen LogP contribution < -0.4 is 4.90 Å². The number of nitrogens with zero attached hydrogens (tertiary/aromatic N) is 2. The topological polar surface area (TPSA) is 8.17 Å². The third-order valence-electron chi connectivity index (χ3n) is 8.16. The lowest BCUT2D eigenvalue weighted by atomic mass is 10.0. The summed E-state index contributed by atoms with van der Waals surface area (Å²) >= 11 is 0. The highest BCUT2D eigenvalue weighted by atomic mass is 15.1. The average molecular weight is 537 g/mol. The van der Waals surface area contributed by atoms with Crippen LogP contribution in [-0.4, -0.2) is 4.57 Å². The van der Waals surface area contributed by atoms with E-state index in [4.69, 9.17) is 0 Å². The molecule has 0 saturated carbocycles. The van der Waals surface area contributed by atoms with Gasteiger partial charge in [0.1, 0.15) is 0 Å². The van der Waals surface area contributed by atoms with Crippen molar-refractivity contribution in [2.24, 2.45) is 0 Å². The first-order valence-corrected chi connectivity index (χ1v) is 14.4. The van der Waals surface area contributed by atoms with Gasteiger partial charge in [0.15, 0.2) is 0 Å². The third kappa shape index (κ3) is 3.88. The molecule has 0 amide bonds. The fraction of sp³-hybridized carbons (Fsp3) is 0. The molecule has 8 rings (SSSR count). The van der Waals surface area contributed by atoms with Crippen molar-refractivity contribution in [3.05, 3.63) is 170 Å². The summed E-state index contributed by atoms with van der Waals surface area (Å²) in [6.45, 7) is 0. The molecular formula is C40H28N2. The summed E-state index contributed by atoms with van der Waals surface area (Å²) in [7, 11) is 0. The van der Waals surface area contributed by atoms with E-state index in [1.807, 2.05) is 0 Å². The van der Waals surface area contributed by atoms with Gasteiger partial charge in [-0.25, -0.2) is 0 Å². The summed E-state index contributed by atoms with van der Waals surface area (Å²) in [4.78, 5) is 2.38. The Balaban J connectivity index is 1.53. The molecule has 0 aliphatic carbocycles. The summed E-state index contributed by atoms with van der Waals surface area (Å²) in [6.07, 6.45) is 0. The zero-order valence-electron chi connectivity index (χ0n) is 23.1. The zero-order valence-corrected chi connectivity index (χ0v) is 23.1. The summed E-state index contributed by atoms with van der Waals surface area (Å²) in [5.41, 5.74) is 9.36. The Kier molecular flexibility index (Phi) is 5.82. The lowest BCUT2D eigenvalue weighted by molar-refractivity contribution is 1.18. The molecule has 0 radical (unpaired) electrons. The van der Waals surface area contributed by atoms with Crippen molar-refractivity contribution in [3.8, 4) is 16.8 Å². The number of hydrogen-bond donors (Lipinski definition) is 0. The quantitative estimate of drug-likeness (QED) is 0.212. The van der Waals surface area contributed by atoms with Crippen LogP contribution in [0.3, 0.4) is 0 Å². The van der Waals surface area contributed by atoms with Crippen LogP contribution in [-0.2, 0) is 0 Å². The molecule has 8 aromatic rings. The van der Waals surface area contributed by atoms with Crippen LogP contribution in [0.2, 0.25) is 0 Å². The second kappa shape index (κ2) is 10.1. The van der Waals surface area contributed by atoms with Crippen molar-refractivity contribution in [2.75, 3.05) is 4.90 Å². The van der Waals surface area contributed by atoms with E-state index in [0.717, 1.165) is 17.1 Å². The van der Waals surface area contributed by atoms with Crippen molar-refractivity contribution in [3.63, 3.8) is 0 Å². The Bertz CT molecular complexity index is 2140. The highest BCUT2D eigenvalue weighted by Crippen LogP contribution is 2.45. The van der Waals surface area contributed by atoms with Crippen molar-refractivity contribution in [2.45, 2.75) is 0 Å². The van der Waals surface area contributed by atoms with E-state index in [1.54, 1.807) is 0 Å². The SMILES string of the molecule is c1ccc(-c2ccccc2-n2c3ccccc3c3c4ccccc4c(N(c4ccccc4)c4ccccc4)cc32)cc1. The fourth-order valence-electron chi connectivity index (χ4n) is 6.37. The number of fused-ring (bicyclic) bond motifs is 5. The van der Waals surface area contributed by atoms with Gasteiger partial charge in [-0.2, -0.15) is 0 Å². The smallest absolute Gasteiger partial charge is 0.0568 e. The maximum Gasteiger partial charge on any atom is 0.0568 e. The minimum Gasteiger partial charge on any atom is -0.310 e. The van der Waals surface area contributed by atoms with E-state index in [2.05, 4.69) is 179 Å². The maximum absolute atomic E-state index is 2.46. The van der Waals surface area contributed by atoms with E-state index in [0.29, 0.717) is 0 Å². The van der Waals surface area contributed by atoms with Gasteiger partial charge in [-0.1, -0.05) is 127 Å². The molecule has 1 heterocycles. The lowest BCUT2D eigenvalue weighted by Crippen LogP contribution is -2.10. The number of benzene rings is 7. The Labute approximate surface area is 245 Å². The van der Waals surface area contributed by atoms with Gasteiger partial charge in [-0.3, -0.25) is 0 Å². The molecule has 1 aromatic heterocycles. The predicted molar refractivity (Wildman–Crippen MR) is 178 cm³/mol. The minimum atomic E-state index is 1.13. The molecule has 0 fully saturated rings. The second-order valence-corrected chi connectivity index (χ2v) is 10.6. The molecule has 0 aliphatic heterocycles. The fourth-order valence-corrected chi connectivity index (χ4v) is 6.37. The van der Waals surface area contributed by atoms with Crippen molar-refractivity contribution in [1.82, 2.24) is 4.57 Å². The Morgan fingerprint density at radius 3 is 1.62 bits per heavy atom. The molecule has 42 heavy (non-hydrogen) atoms. The van der Waals surface area contributed by atoms with Crippen LogP contribution >= 0.6 is 0 Å². The normalized spacial score (nSPS) is 11.3. The molecule has 2 nitrogen and oxygen atoms in total. The van der Waals surface area contributed by atoms with Crippen molar-refractivity contribution in [1.29, 1.82) is 0 Å². The molecule has 0 N–H and O–H groups in total. The summed E-state index contributed by atoms with van der Waals surface area (Å²) in [6, 6.07) is 60.8. The molecule has 0 atom stereocenters. The van der Waals surface area contributed by atoms with Crippen LogP contribution in [0.1, 0.15) is 0 Å². The molecular weight excluding hydrogens is 508 g/mol. The Hall–Kier alpha value is -5.60. The van der Waals surface area contributed by atoms with E-state index in [1.165, 1.54) is 49.4 Å². The number of hydrogen-bond acceptors (Lipinski definition) is 1. The molecule has 2 heteroatoms. The largest absolute Gasteiger partial charge is 0.310 e. The van der Waals surface area contributed by atoms with Crippen LogP contribution in [0.25, 0.3) is 49.4 Å². The summed E-state index contributed by atoms with van der Waals surface area (Å²) < 4.78 is 2.46. The molecule has 198 valence electrons. The standard InChI is InChI=1S/C40H28N2/c1-4-16-29(17-5-1)32-22-12-14-26-36(32)42-37-27-15-13-25-35(37)40-34-24-11-10-23-33(34)38(28-39(40)42)41(30-18-6-2-7-19-30)31-20-8-3-9-21-31/h1-28H. The second-order valence-electron chi connectivity index (χ2n) is 10.6. The average Bonchev–Trinajstić information content (AvgIpc) is 3.40. The van der Waals surface area contributed by atoms with E-state index in [9.17, 15) is 0 Å². The number of anilines is 3. The molecule has 0 spiro atoms. The monoisotopic (exact) mass is 536 g/mol. The van der Waals surface area contributed by atoms with Gasteiger partial charge in [0.25, 0.3) is 0 Å². The molecule has 0 bridgehead atoms. The highest BCUT2D eigenvalue weighted by molar-refractivity contribution is 6.24. The van der Waals surface area contributed by atoms with Gasteiger partial charge in [-0.05, 0) is 53.4 Å². The van der Waals surface area contributed by atoms with E-state index in [-0.39, 0.29) is 0 Å². The van der Waals surface area contributed by atoms with E-state index >= 15 is 0 Å². The van der Waals surface area contributed by atoms with Crippen molar-refractivity contribution >= 4 is 49.6 Å². The molecule has 0 aliphatic rings. The van der Waals surface area contributed by atoms with Crippen LogP contribution in [0.15, 0.2) is 170 Å². The van der Waals surface area contributed by atoms with Gasteiger partial charge < -0.3 is 9.47 Å². The lowest BCUT2D eigenvalue weighted by Gasteiger charge is -2.27.